The first-order valence-corrected chi connectivity index (χ1v) is 6.17. The van der Waals surface area contributed by atoms with Crippen LogP contribution in [0, 0.1) is 12.7 Å². The summed E-state index contributed by atoms with van der Waals surface area (Å²) in [6.07, 6.45) is 0.789. The van der Waals surface area contributed by atoms with Crippen LogP contribution in [-0.4, -0.2) is 7.05 Å². The fourth-order valence-corrected chi connectivity index (χ4v) is 2.17. The summed E-state index contributed by atoms with van der Waals surface area (Å²) in [6.45, 7) is 2.08. The van der Waals surface area contributed by atoms with Crippen LogP contribution in [-0.2, 0) is 6.42 Å². The van der Waals surface area contributed by atoms with Gasteiger partial charge in [-0.3, -0.25) is 0 Å². The molecule has 0 bridgehead atoms. The molecule has 0 aliphatic rings. The minimum atomic E-state index is -0.174. The second kappa shape index (κ2) is 5.78. The highest BCUT2D eigenvalue weighted by Crippen LogP contribution is 2.19. The lowest BCUT2D eigenvalue weighted by atomic mass is 9.98. The van der Waals surface area contributed by atoms with E-state index < -0.39 is 0 Å². The van der Waals surface area contributed by atoms with Gasteiger partial charge in [0.05, 0.1) is 0 Å². The lowest BCUT2D eigenvalue weighted by molar-refractivity contribution is 0.584. The maximum absolute atomic E-state index is 13.2. The zero-order valence-electron chi connectivity index (χ0n) is 10.8. The average molecular weight is 243 g/mol. The van der Waals surface area contributed by atoms with Gasteiger partial charge in [0.15, 0.2) is 0 Å². The van der Waals surface area contributed by atoms with Gasteiger partial charge in [-0.25, -0.2) is 4.39 Å². The number of aryl methyl sites for hydroxylation is 1. The van der Waals surface area contributed by atoms with Crippen molar-refractivity contribution in [1.29, 1.82) is 0 Å². The number of likely N-dealkylation sites (N-methyl/N-ethyl adjacent to an activating group) is 1. The van der Waals surface area contributed by atoms with Crippen molar-refractivity contribution in [3.8, 4) is 0 Å². The van der Waals surface area contributed by atoms with Crippen molar-refractivity contribution in [2.45, 2.75) is 19.4 Å². The number of benzene rings is 2. The smallest absolute Gasteiger partial charge is 0.123 e. The molecule has 0 spiro atoms. The Morgan fingerprint density at radius 3 is 2.56 bits per heavy atom. The Hall–Kier alpha value is -1.67. The molecule has 0 saturated carbocycles. The highest BCUT2D eigenvalue weighted by atomic mass is 19.1. The first kappa shape index (κ1) is 12.8. The summed E-state index contributed by atoms with van der Waals surface area (Å²) in [5.41, 5.74) is 3.49. The molecule has 0 heterocycles. The lowest BCUT2D eigenvalue weighted by Gasteiger charge is -2.17. The molecule has 1 unspecified atom stereocenters. The van der Waals surface area contributed by atoms with Gasteiger partial charge < -0.3 is 5.32 Å². The van der Waals surface area contributed by atoms with E-state index in [1.54, 1.807) is 12.1 Å². The lowest BCUT2D eigenvalue weighted by Crippen LogP contribution is -2.18. The Morgan fingerprint density at radius 2 is 1.89 bits per heavy atom. The summed E-state index contributed by atoms with van der Waals surface area (Å²) in [6, 6.07) is 15.4. The number of hydrogen-bond donors (Lipinski definition) is 1. The molecule has 1 atom stereocenters. The van der Waals surface area contributed by atoms with E-state index in [9.17, 15) is 4.39 Å². The van der Waals surface area contributed by atoms with E-state index in [-0.39, 0.29) is 11.9 Å². The van der Waals surface area contributed by atoms with E-state index in [0.29, 0.717) is 0 Å². The van der Waals surface area contributed by atoms with Crippen LogP contribution in [0.1, 0.15) is 22.7 Å². The maximum Gasteiger partial charge on any atom is 0.123 e. The second-order valence-electron chi connectivity index (χ2n) is 4.59. The van der Waals surface area contributed by atoms with Gasteiger partial charge in [-0.2, -0.15) is 0 Å². The molecule has 0 aromatic heterocycles. The van der Waals surface area contributed by atoms with E-state index in [4.69, 9.17) is 0 Å². The summed E-state index contributed by atoms with van der Waals surface area (Å²) in [5, 5.41) is 3.29. The molecule has 0 fully saturated rings. The number of nitrogens with one attached hydrogen (secondary N) is 1. The molecule has 2 heteroatoms. The average Bonchev–Trinajstić information content (AvgIpc) is 2.36. The SMILES string of the molecule is CNC(Cc1cccc(F)c1)c1cccc(C)c1. The van der Waals surface area contributed by atoms with Crippen molar-refractivity contribution in [2.75, 3.05) is 7.05 Å². The van der Waals surface area contributed by atoms with Gasteiger partial charge in [0.25, 0.3) is 0 Å². The third-order valence-electron chi connectivity index (χ3n) is 3.12. The van der Waals surface area contributed by atoms with Crippen molar-refractivity contribution in [2.24, 2.45) is 0 Å². The molecule has 0 aliphatic carbocycles. The van der Waals surface area contributed by atoms with Crippen LogP contribution in [0.25, 0.3) is 0 Å². The molecule has 18 heavy (non-hydrogen) atoms. The molecular formula is C16H18FN. The normalized spacial score (nSPS) is 12.4. The minimum absolute atomic E-state index is 0.174. The van der Waals surface area contributed by atoms with Gasteiger partial charge in [0.2, 0.25) is 0 Å². The second-order valence-corrected chi connectivity index (χ2v) is 4.59. The van der Waals surface area contributed by atoms with Crippen LogP contribution in [0.4, 0.5) is 4.39 Å². The Labute approximate surface area is 108 Å². The van der Waals surface area contributed by atoms with E-state index in [1.165, 1.54) is 17.2 Å². The summed E-state index contributed by atoms with van der Waals surface area (Å²) < 4.78 is 13.2. The number of rotatable bonds is 4. The van der Waals surface area contributed by atoms with Crippen molar-refractivity contribution < 1.29 is 4.39 Å². The third kappa shape index (κ3) is 3.17. The Bertz CT molecular complexity index is 522. The van der Waals surface area contributed by atoms with Gasteiger partial charge in [-0.1, -0.05) is 42.0 Å². The molecule has 2 aromatic carbocycles. The zero-order valence-corrected chi connectivity index (χ0v) is 10.8. The van der Waals surface area contributed by atoms with E-state index >= 15 is 0 Å². The first-order chi connectivity index (χ1) is 8.69. The fourth-order valence-electron chi connectivity index (χ4n) is 2.17. The van der Waals surface area contributed by atoms with Crippen molar-refractivity contribution in [3.63, 3.8) is 0 Å². The van der Waals surface area contributed by atoms with Crippen molar-refractivity contribution in [1.82, 2.24) is 5.32 Å². The molecule has 94 valence electrons. The van der Waals surface area contributed by atoms with Crippen molar-refractivity contribution in [3.05, 3.63) is 71.0 Å². The number of halogens is 1. The van der Waals surface area contributed by atoms with Crippen LogP contribution < -0.4 is 5.32 Å². The highest BCUT2D eigenvalue weighted by Gasteiger charge is 2.10. The van der Waals surface area contributed by atoms with Gasteiger partial charge >= 0.3 is 0 Å². The minimum Gasteiger partial charge on any atom is -0.313 e. The van der Waals surface area contributed by atoms with Crippen LogP contribution in [0.5, 0.6) is 0 Å². The van der Waals surface area contributed by atoms with Gasteiger partial charge in [-0.05, 0) is 43.7 Å². The van der Waals surface area contributed by atoms with E-state index in [1.807, 2.05) is 13.1 Å². The Morgan fingerprint density at radius 1 is 1.11 bits per heavy atom. The molecule has 0 amide bonds. The molecule has 1 N–H and O–H groups in total. The summed E-state index contributed by atoms with van der Waals surface area (Å²) in [5.74, 6) is -0.174. The first-order valence-electron chi connectivity index (χ1n) is 6.17. The predicted molar refractivity (Wildman–Crippen MR) is 73.1 cm³/mol. The molecular weight excluding hydrogens is 225 g/mol. The van der Waals surface area contributed by atoms with E-state index in [2.05, 4.69) is 36.5 Å². The molecule has 1 nitrogen and oxygen atoms in total. The van der Waals surface area contributed by atoms with Crippen LogP contribution in [0.2, 0.25) is 0 Å². The molecule has 0 saturated heterocycles. The fraction of sp³-hybridized carbons (Fsp3) is 0.250. The predicted octanol–water partition coefficient (Wildman–Crippen LogP) is 3.64. The maximum atomic E-state index is 13.2. The van der Waals surface area contributed by atoms with Gasteiger partial charge in [-0.15, -0.1) is 0 Å². The third-order valence-corrected chi connectivity index (χ3v) is 3.12. The molecule has 2 aromatic rings. The van der Waals surface area contributed by atoms with E-state index in [0.717, 1.165) is 12.0 Å². The Kier molecular flexibility index (Phi) is 4.11. The summed E-state index contributed by atoms with van der Waals surface area (Å²) in [7, 11) is 1.94. The monoisotopic (exact) mass is 243 g/mol. The zero-order chi connectivity index (χ0) is 13.0. The van der Waals surface area contributed by atoms with Crippen LogP contribution >= 0.6 is 0 Å². The molecule has 0 aliphatic heterocycles. The van der Waals surface area contributed by atoms with Gasteiger partial charge in [0.1, 0.15) is 5.82 Å². The highest BCUT2D eigenvalue weighted by molar-refractivity contribution is 5.27. The van der Waals surface area contributed by atoms with Crippen molar-refractivity contribution >= 4 is 0 Å². The molecule has 0 radical (unpaired) electrons. The molecule has 2 rings (SSSR count). The Balaban J connectivity index is 2.19. The quantitative estimate of drug-likeness (QED) is 0.864. The van der Waals surface area contributed by atoms with Crippen LogP contribution in [0.3, 0.4) is 0 Å². The number of hydrogen-bond acceptors (Lipinski definition) is 1. The standard InChI is InChI=1S/C16H18FN/c1-12-5-3-7-14(9-12)16(18-2)11-13-6-4-8-15(17)10-13/h3-10,16,18H,11H2,1-2H3. The largest absolute Gasteiger partial charge is 0.313 e. The summed E-state index contributed by atoms with van der Waals surface area (Å²) >= 11 is 0. The van der Waals surface area contributed by atoms with Gasteiger partial charge in [0, 0.05) is 6.04 Å². The van der Waals surface area contributed by atoms with Crippen LogP contribution in [0.15, 0.2) is 48.5 Å². The summed E-state index contributed by atoms with van der Waals surface area (Å²) in [4.78, 5) is 0. The topological polar surface area (TPSA) is 12.0 Å².